The van der Waals surface area contributed by atoms with Gasteiger partial charge in [-0.3, -0.25) is 0 Å². The fourth-order valence-corrected chi connectivity index (χ4v) is 2.47. The average molecular weight is 262 g/mol. The lowest BCUT2D eigenvalue weighted by atomic mass is 10.0. The van der Waals surface area contributed by atoms with E-state index in [0.29, 0.717) is 0 Å². The van der Waals surface area contributed by atoms with E-state index in [1.165, 1.54) is 5.56 Å². The Hall–Kier alpha value is -1.33. The summed E-state index contributed by atoms with van der Waals surface area (Å²) in [5, 5.41) is 14.6. The van der Waals surface area contributed by atoms with Crippen molar-refractivity contribution in [2.45, 2.75) is 32.7 Å². The zero-order chi connectivity index (χ0) is 12.8. The van der Waals surface area contributed by atoms with Gasteiger partial charge in [-0.25, -0.2) is 4.98 Å². The first-order valence-corrected chi connectivity index (χ1v) is 7.08. The van der Waals surface area contributed by atoms with Crippen LogP contribution < -0.4 is 5.32 Å². The molecule has 0 aromatic carbocycles. The quantitative estimate of drug-likeness (QED) is 0.869. The van der Waals surface area contributed by atoms with Gasteiger partial charge < -0.3 is 5.32 Å². The summed E-state index contributed by atoms with van der Waals surface area (Å²) < 4.78 is 0. The van der Waals surface area contributed by atoms with Gasteiger partial charge in [0.2, 0.25) is 0 Å². The van der Waals surface area contributed by atoms with Gasteiger partial charge in [-0.15, -0.1) is 11.3 Å². The van der Waals surface area contributed by atoms with Crippen LogP contribution in [0.3, 0.4) is 0 Å². The second-order valence-electron chi connectivity index (χ2n) is 4.24. The molecule has 96 valence electrons. The van der Waals surface area contributed by atoms with Gasteiger partial charge >= 0.3 is 0 Å². The highest BCUT2D eigenvalue weighted by Crippen LogP contribution is 2.18. The number of nitrogens with one attached hydrogen (secondary N) is 1. The van der Waals surface area contributed by atoms with Crippen LogP contribution in [0.4, 0.5) is 0 Å². The van der Waals surface area contributed by atoms with E-state index in [-0.39, 0.29) is 6.04 Å². The van der Waals surface area contributed by atoms with E-state index in [0.717, 1.165) is 30.1 Å². The molecule has 0 saturated carbocycles. The number of thiazole rings is 1. The summed E-state index contributed by atoms with van der Waals surface area (Å²) in [5.74, 6) is 0. The van der Waals surface area contributed by atoms with Crippen LogP contribution in [0.15, 0.2) is 23.8 Å². The van der Waals surface area contributed by atoms with Gasteiger partial charge in [-0.2, -0.15) is 10.2 Å². The molecule has 0 aliphatic carbocycles. The van der Waals surface area contributed by atoms with Crippen LogP contribution in [0.1, 0.15) is 35.7 Å². The van der Waals surface area contributed by atoms with E-state index in [4.69, 9.17) is 0 Å². The molecule has 0 bridgehead atoms. The molecule has 5 heteroatoms. The summed E-state index contributed by atoms with van der Waals surface area (Å²) in [5.41, 5.74) is 2.31. The highest BCUT2D eigenvalue weighted by Gasteiger charge is 2.13. The number of aryl methyl sites for hydroxylation is 1. The smallest absolute Gasteiger partial charge is 0.0897 e. The zero-order valence-electron chi connectivity index (χ0n) is 10.8. The third kappa shape index (κ3) is 3.58. The Morgan fingerprint density at radius 3 is 2.89 bits per heavy atom. The molecule has 0 saturated heterocycles. The first-order chi connectivity index (χ1) is 8.79. The van der Waals surface area contributed by atoms with Crippen LogP contribution in [-0.4, -0.2) is 21.7 Å². The first kappa shape index (κ1) is 13.1. The topological polar surface area (TPSA) is 50.7 Å². The molecular formula is C13H18N4S. The Kier molecular flexibility index (Phi) is 4.78. The minimum atomic E-state index is 0.266. The van der Waals surface area contributed by atoms with Crippen molar-refractivity contribution in [3.63, 3.8) is 0 Å². The predicted octanol–water partition coefficient (Wildman–Crippen LogP) is 2.52. The van der Waals surface area contributed by atoms with Gasteiger partial charge in [0.25, 0.3) is 0 Å². The van der Waals surface area contributed by atoms with Crippen LogP contribution >= 0.6 is 11.3 Å². The maximum absolute atomic E-state index is 4.53. The summed E-state index contributed by atoms with van der Waals surface area (Å²) in [6.07, 6.45) is 5.58. The van der Waals surface area contributed by atoms with Gasteiger partial charge in [-0.05, 0) is 31.5 Å². The molecule has 2 aromatic heterocycles. The number of aromatic nitrogens is 3. The summed E-state index contributed by atoms with van der Waals surface area (Å²) in [6, 6.07) is 2.28. The molecule has 1 atom stereocenters. The van der Waals surface area contributed by atoms with Crippen LogP contribution in [-0.2, 0) is 6.42 Å². The minimum absolute atomic E-state index is 0.266. The van der Waals surface area contributed by atoms with Gasteiger partial charge in [0.1, 0.15) is 0 Å². The molecule has 18 heavy (non-hydrogen) atoms. The van der Waals surface area contributed by atoms with Crippen molar-refractivity contribution < 1.29 is 0 Å². The first-order valence-electron chi connectivity index (χ1n) is 6.20. The maximum atomic E-state index is 4.53. The Balaban J connectivity index is 2.10. The lowest BCUT2D eigenvalue weighted by molar-refractivity contribution is 0.522. The lowest BCUT2D eigenvalue weighted by Gasteiger charge is -2.17. The lowest BCUT2D eigenvalue weighted by Crippen LogP contribution is -2.24. The molecule has 0 fully saturated rings. The molecule has 2 heterocycles. The third-order valence-corrected chi connectivity index (χ3v) is 3.55. The molecule has 1 unspecified atom stereocenters. The Labute approximate surface area is 111 Å². The normalized spacial score (nSPS) is 12.6. The fourth-order valence-electron chi connectivity index (χ4n) is 1.84. The Bertz CT molecular complexity index is 469. The second-order valence-corrected chi connectivity index (χ2v) is 5.31. The number of hydrogen-bond acceptors (Lipinski definition) is 5. The van der Waals surface area contributed by atoms with Crippen LogP contribution in [0.2, 0.25) is 0 Å². The molecule has 0 aliphatic rings. The largest absolute Gasteiger partial charge is 0.310 e. The van der Waals surface area contributed by atoms with Crippen LogP contribution in [0.25, 0.3) is 0 Å². The van der Waals surface area contributed by atoms with E-state index >= 15 is 0 Å². The molecule has 0 spiro atoms. The average Bonchev–Trinajstić information content (AvgIpc) is 2.81. The van der Waals surface area contributed by atoms with Crippen LogP contribution in [0, 0.1) is 6.92 Å². The fraction of sp³-hybridized carbons (Fsp3) is 0.462. The van der Waals surface area contributed by atoms with Gasteiger partial charge in [0, 0.05) is 24.0 Å². The van der Waals surface area contributed by atoms with E-state index < -0.39 is 0 Å². The van der Waals surface area contributed by atoms with Crippen molar-refractivity contribution in [3.8, 4) is 0 Å². The molecule has 0 aliphatic heterocycles. The molecule has 2 rings (SSSR count). The summed E-state index contributed by atoms with van der Waals surface area (Å²) in [6.45, 7) is 5.20. The third-order valence-electron chi connectivity index (χ3n) is 2.73. The van der Waals surface area contributed by atoms with Crippen molar-refractivity contribution in [3.05, 3.63) is 40.1 Å². The molecule has 1 N–H and O–H groups in total. The van der Waals surface area contributed by atoms with Crippen molar-refractivity contribution in [2.24, 2.45) is 0 Å². The van der Waals surface area contributed by atoms with Gasteiger partial charge in [0.05, 0.1) is 16.9 Å². The monoisotopic (exact) mass is 262 g/mol. The molecule has 0 amide bonds. The zero-order valence-corrected chi connectivity index (χ0v) is 11.6. The highest BCUT2D eigenvalue weighted by atomic mass is 32.1. The van der Waals surface area contributed by atoms with E-state index in [1.54, 1.807) is 17.5 Å². The van der Waals surface area contributed by atoms with Crippen molar-refractivity contribution in [1.82, 2.24) is 20.5 Å². The van der Waals surface area contributed by atoms with Crippen molar-refractivity contribution >= 4 is 11.3 Å². The molecular weight excluding hydrogens is 244 g/mol. The van der Waals surface area contributed by atoms with Gasteiger partial charge in [0.15, 0.2) is 0 Å². The van der Waals surface area contributed by atoms with E-state index in [9.17, 15) is 0 Å². The maximum Gasteiger partial charge on any atom is 0.0897 e. The Morgan fingerprint density at radius 2 is 2.28 bits per heavy atom. The summed E-state index contributed by atoms with van der Waals surface area (Å²) in [7, 11) is 0. The van der Waals surface area contributed by atoms with Crippen molar-refractivity contribution in [1.29, 1.82) is 0 Å². The Morgan fingerprint density at radius 1 is 1.39 bits per heavy atom. The summed E-state index contributed by atoms with van der Waals surface area (Å²) in [4.78, 5) is 4.53. The number of nitrogens with zero attached hydrogens (tertiary/aromatic N) is 3. The van der Waals surface area contributed by atoms with Crippen LogP contribution in [0.5, 0.6) is 0 Å². The minimum Gasteiger partial charge on any atom is -0.310 e. The van der Waals surface area contributed by atoms with E-state index in [1.807, 2.05) is 19.2 Å². The predicted molar refractivity (Wildman–Crippen MR) is 73.6 cm³/mol. The number of rotatable bonds is 6. The van der Waals surface area contributed by atoms with E-state index in [2.05, 4.69) is 32.8 Å². The summed E-state index contributed by atoms with van der Waals surface area (Å²) >= 11 is 1.70. The highest BCUT2D eigenvalue weighted by molar-refractivity contribution is 7.09. The molecule has 4 nitrogen and oxygen atoms in total. The van der Waals surface area contributed by atoms with Gasteiger partial charge in [-0.1, -0.05) is 6.92 Å². The van der Waals surface area contributed by atoms with Crippen molar-refractivity contribution in [2.75, 3.05) is 6.54 Å². The SMILES string of the molecule is CCCNC(Cc1csc(C)n1)c1ccnnc1. The standard InChI is InChI=1S/C13H18N4S/c1-3-5-14-13(11-4-6-15-16-8-11)7-12-9-18-10(2)17-12/h4,6,8-9,13-14H,3,5,7H2,1-2H3. The molecule has 0 radical (unpaired) electrons. The second kappa shape index (κ2) is 6.56. The molecule has 2 aromatic rings. The number of hydrogen-bond donors (Lipinski definition) is 1.